The molecule has 1 heterocycles. The molecular formula is C14H17N3O4. The molecule has 21 heavy (non-hydrogen) atoms. The first-order chi connectivity index (χ1) is 10.0. The van der Waals surface area contributed by atoms with Crippen LogP contribution in [-0.4, -0.2) is 32.2 Å². The third kappa shape index (κ3) is 3.56. The number of fused-ring (bicyclic) bond motifs is 1. The molecule has 0 aliphatic carbocycles. The van der Waals surface area contributed by atoms with Crippen molar-refractivity contribution >= 4 is 23.0 Å². The number of aromatic nitrogens is 3. The lowest BCUT2D eigenvalue weighted by molar-refractivity contribution is -0.152. The number of aliphatic carboxylic acids is 1. The van der Waals surface area contributed by atoms with Gasteiger partial charge in [-0.3, -0.25) is 4.79 Å². The highest BCUT2D eigenvalue weighted by atomic mass is 16.7. The Bertz CT molecular complexity index is 665. The van der Waals surface area contributed by atoms with Crippen LogP contribution in [0, 0.1) is 12.8 Å². The zero-order valence-electron chi connectivity index (χ0n) is 11.9. The zero-order valence-corrected chi connectivity index (χ0v) is 11.9. The normalized spacial score (nSPS) is 12.3. The first-order valence-electron chi connectivity index (χ1n) is 6.77. The molecular weight excluding hydrogens is 274 g/mol. The number of hydrogen-bond acceptors (Lipinski definition) is 5. The quantitative estimate of drug-likeness (QED) is 0.812. The Morgan fingerprint density at radius 1 is 1.43 bits per heavy atom. The van der Waals surface area contributed by atoms with E-state index in [9.17, 15) is 9.59 Å². The first-order valence-corrected chi connectivity index (χ1v) is 6.77. The average molecular weight is 291 g/mol. The van der Waals surface area contributed by atoms with E-state index in [-0.39, 0.29) is 6.42 Å². The molecule has 2 aromatic rings. The molecule has 1 N–H and O–H groups in total. The van der Waals surface area contributed by atoms with Crippen LogP contribution in [0.1, 0.15) is 31.7 Å². The summed E-state index contributed by atoms with van der Waals surface area (Å²) in [7, 11) is 0. The van der Waals surface area contributed by atoms with Crippen LogP contribution in [0.5, 0.6) is 0 Å². The lowest BCUT2D eigenvalue weighted by atomic mass is 10.0. The van der Waals surface area contributed by atoms with Crippen molar-refractivity contribution < 1.29 is 19.5 Å². The van der Waals surface area contributed by atoms with Gasteiger partial charge in [0, 0.05) is 0 Å². The van der Waals surface area contributed by atoms with Gasteiger partial charge < -0.3 is 9.94 Å². The third-order valence-electron chi connectivity index (χ3n) is 3.16. The number of carboxylic acids is 1. The molecule has 1 unspecified atom stereocenters. The van der Waals surface area contributed by atoms with E-state index < -0.39 is 17.9 Å². The van der Waals surface area contributed by atoms with Gasteiger partial charge in [-0.05, 0) is 36.3 Å². The third-order valence-corrected chi connectivity index (χ3v) is 3.16. The second kappa shape index (κ2) is 6.34. The van der Waals surface area contributed by atoms with E-state index in [0.717, 1.165) is 10.4 Å². The largest absolute Gasteiger partial charge is 0.481 e. The fourth-order valence-corrected chi connectivity index (χ4v) is 2.07. The Balaban J connectivity index is 2.10. The van der Waals surface area contributed by atoms with Gasteiger partial charge in [0.1, 0.15) is 11.0 Å². The molecule has 1 aromatic heterocycles. The molecule has 7 nitrogen and oxygen atoms in total. The lowest BCUT2D eigenvalue weighted by Crippen LogP contribution is -2.26. The topological polar surface area (TPSA) is 94.3 Å². The minimum absolute atomic E-state index is 0.184. The van der Waals surface area contributed by atoms with Crippen LogP contribution < -0.4 is 4.84 Å². The summed E-state index contributed by atoms with van der Waals surface area (Å²) < 4.78 is 0. The molecule has 0 fully saturated rings. The molecule has 112 valence electrons. The van der Waals surface area contributed by atoms with E-state index in [1.807, 2.05) is 19.9 Å². The Morgan fingerprint density at radius 3 is 2.86 bits per heavy atom. The second-order valence-electron chi connectivity index (χ2n) is 4.95. The Morgan fingerprint density at radius 2 is 2.19 bits per heavy atom. The van der Waals surface area contributed by atoms with E-state index in [1.165, 1.54) is 0 Å². The predicted octanol–water partition coefficient (Wildman–Crippen LogP) is 1.59. The number of benzene rings is 1. The van der Waals surface area contributed by atoms with Gasteiger partial charge in [-0.15, -0.1) is 5.10 Å². The summed E-state index contributed by atoms with van der Waals surface area (Å²) in [6.07, 6.45) is 0.938. The molecule has 0 saturated heterocycles. The number of carbonyl (C=O) groups excluding carboxylic acids is 1. The maximum Gasteiger partial charge on any atom is 0.335 e. The number of carboxylic acid groups (broad SMARTS) is 1. The summed E-state index contributed by atoms with van der Waals surface area (Å²) in [6, 6.07) is 5.45. The Labute approximate surface area is 121 Å². The van der Waals surface area contributed by atoms with Crippen LogP contribution in [-0.2, 0) is 9.59 Å². The highest BCUT2D eigenvalue weighted by molar-refractivity contribution is 5.80. The molecule has 2 rings (SSSR count). The SMILES string of the molecule is CCCC(CC(=O)On1nnc2ccc(C)cc21)C(=O)O. The van der Waals surface area contributed by atoms with Crippen molar-refractivity contribution in [1.82, 2.24) is 15.2 Å². The predicted molar refractivity (Wildman–Crippen MR) is 74.5 cm³/mol. The maximum absolute atomic E-state index is 11.9. The monoisotopic (exact) mass is 291 g/mol. The van der Waals surface area contributed by atoms with E-state index in [4.69, 9.17) is 9.94 Å². The first kappa shape index (κ1) is 15.0. The van der Waals surface area contributed by atoms with Crippen LogP contribution in [0.2, 0.25) is 0 Å². The van der Waals surface area contributed by atoms with Crippen molar-refractivity contribution in [2.75, 3.05) is 0 Å². The molecule has 7 heteroatoms. The van der Waals surface area contributed by atoms with Crippen LogP contribution >= 0.6 is 0 Å². The molecule has 0 radical (unpaired) electrons. The van der Waals surface area contributed by atoms with Crippen LogP contribution in [0.15, 0.2) is 18.2 Å². The summed E-state index contributed by atoms with van der Waals surface area (Å²) in [5, 5.41) is 16.7. The van der Waals surface area contributed by atoms with Gasteiger partial charge in [-0.2, -0.15) is 0 Å². The van der Waals surface area contributed by atoms with E-state index in [1.54, 1.807) is 12.1 Å². The average Bonchev–Trinajstić information content (AvgIpc) is 2.80. The fraction of sp³-hybridized carbons (Fsp3) is 0.429. The molecule has 0 spiro atoms. The zero-order chi connectivity index (χ0) is 15.4. The van der Waals surface area contributed by atoms with Gasteiger partial charge in [0.15, 0.2) is 0 Å². The van der Waals surface area contributed by atoms with Gasteiger partial charge in [0.2, 0.25) is 0 Å². The number of nitrogens with zero attached hydrogens (tertiary/aromatic N) is 3. The molecule has 1 atom stereocenters. The van der Waals surface area contributed by atoms with Crippen molar-refractivity contribution in [3.05, 3.63) is 23.8 Å². The van der Waals surface area contributed by atoms with E-state index >= 15 is 0 Å². The minimum Gasteiger partial charge on any atom is -0.481 e. The number of rotatable bonds is 6. The Kier molecular flexibility index (Phi) is 4.52. The number of hydrogen-bond donors (Lipinski definition) is 1. The van der Waals surface area contributed by atoms with Gasteiger partial charge in [0.05, 0.1) is 12.3 Å². The van der Waals surface area contributed by atoms with Crippen LogP contribution in [0.3, 0.4) is 0 Å². The Hall–Kier alpha value is -2.44. The van der Waals surface area contributed by atoms with Crippen molar-refractivity contribution in [3.63, 3.8) is 0 Å². The van der Waals surface area contributed by atoms with Gasteiger partial charge in [0.25, 0.3) is 0 Å². The molecule has 0 amide bonds. The summed E-state index contributed by atoms with van der Waals surface area (Å²) in [6.45, 7) is 3.77. The summed E-state index contributed by atoms with van der Waals surface area (Å²) in [4.78, 5) is 29.0. The van der Waals surface area contributed by atoms with Gasteiger partial charge in [-0.25, -0.2) is 4.79 Å². The highest BCUT2D eigenvalue weighted by Gasteiger charge is 2.22. The minimum atomic E-state index is -0.993. The van der Waals surface area contributed by atoms with Crippen molar-refractivity contribution in [1.29, 1.82) is 0 Å². The molecule has 0 aliphatic heterocycles. The summed E-state index contributed by atoms with van der Waals surface area (Å²) >= 11 is 0. The standard InChI is InChI=1S/C14H17N3O4/c1-3-4-10(14(19)20)8-13(18)21-17-12-7-9(2)5-6-11(12)15-16-17/h5-7,10H,3-4,8H2,1-2H3,(H,19,20). The molecule has 1 aromatic carbocycles. The fourth-order valence-electron chi connectivity index (χ4n) is 2.07. The highest BCUT2D eigenvalue weighted by Crippen LogP contribution is 2.14. The van der Waals surface area contributed by atoms with Crippen molar-refractivity contribution in [2.24, 2.45) is 5.92 Å². The lowest BCUT2D eigenvalue weighted by Gasteiger charge is -2.10. The van der Waals surface area contributed by atoms with Gasteiger partial charge in [-0.1, -0.05) is 24.3 Å². The van der Waals surface area contributed by atoms with E-state index in [2.05, 4.69) is 10.3 Å². The van der Waals surface area contributed by atoms with E-state index in [0.29, 0.717) is 23.9 Å². The van der Waals surface area contributed by atoms with Crippen LogP contribution in [0.25, 0.3) is 11.0 Å². The van der Waals surface area contributed by atoms with Crippen molar-refractivity contribution in [2.45, 2.75) is 33.1 Å². The number of carbonyl (C=O) groups is 2. The molecule has 0 bridgehead atoms. The van der Waals surface area contributed by atoms with Crippen molar-refractivity contribution in [3.8, 4) is 0 Å². The summed E-state index contributed by atoms with van der Waals surface area (Å²) in [5.74, 6) is -2.36. The molecule has 0 aliphatic rings. The van der Waals surface area contributed by atoms with Gasteiger partial charge >= 0.3 is 11.9 Å². The number of aryl methyl sites for hydroxylation is 1. The second-order valence-corrected chi connectivity index (χ2v) is 4.95. The molecule has 0 saturated carbocycles. The smallest absolute Gasteiger partial charge is 0.335 e. The maximum atomic E-state index is 11.9. The van der Waals surface area contributed by atoms with Crippen LogP contribution in [0.4, 0.5) is 0 Å². The summed E-state index contributed by atoms with van der Waals surface area (Å²) in [5.41, 5.74) is 2.17.